The van der Waals surface area contributed by atoms with Gasteiger partial charge in [-0.15, -0.1) is 11.3 Å². The number of nitrogens with zero attached hydrogens (tertiary/aromatic N) is 2. The van der Waals surface area contributed by atoms with Crippen LogP contribution in [0.25, 0.3) is 10.4 Å². The summed E-state index contributed by atoms with van der Waals surface area (Å²) < 4.78 is 5.96. The number of nitrogens with two attached hydrogens (primary N) is 1. The molecule has 1 spiro atoms. The van der Waals surface area contributed by atoms with Gasteiger partial charge in [-0.05, 0) is 55.8 Å². The molecule has 1 atom stereocenters. The van der Waals surface area contributed by atoms with Crippen LogP contribution in [0.1, 0.15) is 12.8 Å². The van der Waals surface area contributed by atoms with Crippen molar-refractivity contribution in [1.82, 2.24) is 4.90 Å². The Balaban J connectivity index is 1.42. The topological polar surface area (TPSA) is 58.8 Å². The molecule has 2 N–H and O–H groups in total. The molecule has 1 amide bonds. The number of ether oxygens (including phenoxy) is 1. The van der Waals surface area contributed by atoms with E-state index in [9.17, 15) is 4.79 Å². The molecule has 0 radical (unpaired) electrons. The maximum Gasteiger partial charge on any atom is 0.415 e. The number of carbonyl (C=O) groups is 1. The highest BCUT2D eigenvalue weighted by atomic mass is 32.1. The molecule has 5 nitrogen and oxygen atoms in total. The van der Waals surface area contributed by atoms with Crippen molar-refractivity contribution in [3.05, 3.63) is 36.4 Å². The van der Waals surface area contributed by atoms with E-state index in [0.717, 1.165) is 53.6 Å². The number of benzene rings is 1. The molecular formula is C19H21N3O2S. The third-order valence-electron chi connectivity index (χ3n) is 5.79. The van der Waals surface area contributed by atoms with Gasteiger partial charge in [0.1, 0.15) is 10.6 Å². The highest BCUT2D eigenvalue weighted by molar-refractivity contribution is 7.19. The van der Waals surface area contributed by atoms with Crippen molar-refractivity contribution in [3.63, 3.8) is 0 Å². The number of piperidine rings is 3. The first-order chi connectivity index (χ1) is 12.1. The van der Waals surface area contributed by atoms with Crippen molar-refractivity contribution in [2.24, 2.45) is 5.92 Å². The van der Waals surface area contributed by atoms with Gasteiger partial charge < -0.3 is 10.5 Å². The minimum absolute atomic E-state index is 0.199. The predicted molar refractivity (Wildman–Crippen MR) is 99.9 cm³/mol. The van der Waals surface area contributed by atoms with Crippen molar-refractivity contribution in [1.29, 1.82) is 0 Å². The normalized spacial score (nSPS) is 30.9. The smallest absolute Gasteiger partial charge is 0.415 e. The zero-order chi connectivity index (χ0) is 17.0. The van der Waals surface area contributed by atoms with Gasteiger partial charge in [-0.1, -0.05) is 12.1 Å². The molecule has 1 aromatic heterocycles. The molecule has 130 valence electrons. The van der Waals surface area contributed by atoms with Gasteiger partial charge in [-0.2, -0.15) is 0 Å². The molecule has 4 saturated heterocycles. The first kappa shape index (κ1) is 15.2. The van der Waals surface area contributed by atoms with E-state index in [-0.39, 0.29) is 11.7 Å². The molecular weight excluding hydrogens is 334 g/mol. The van der Waals surface area contributed by atoms with Crippen LogP contribution in [-0.2, 0) is 4.74 Å². The van der Waals surface area contributed by atoms with E-state index in [1.165, 1.54) is 0 Å². The Morgan fingerprint density at radius 1 is 1.16 bits per heavy atom. The molecule has 0 aliphatic carbocycles. The monoisotopic (exact) mass is 355 g/mol. The Kier molecular flexibility index (Phi) is 3.33. The summed E-state index contributed by atoms with van der Waals surface area (Å²) in [5.74, 6) is 0.500. The van der Waals surface area contributed by atoms with Crippen molar-refractivity contribution >= 4 is 28.1 Å². The molecule has 2 aromatic rings. The largest absolute Gasteiger partial charge is 0.439 e. The van der Waals surface area contributed by atoms with Crippen molar-refractivity contribution < 1.29 is 9.53 Å². The Morgan fingerprint density at radius 2 is 2.00 bits per heavy atom. The second kappa shape index (κ2) is 5.47. The lowest BCUT2D eigenvalue weighted by molar-refractivity contribution is -0.0881. The van der Waals surface area contributed by atoms with Gasteiger partial charge in [-0.3, -0.25) is 9.80 Å². The zero-order valence-corrected chi connectivity index (χ0v) is 14.8. The van der Waals surface area contributed by atoms with Gasteiger partial charge in [-0.25, -0.2) is 4.79 Å². The second-order valence-corrected chi connectivity index (χ2v) is 8.39. The summed E-state index contributed by atoms with van der Waals surface area (Å²) in [6.45, 7) is 3.84. The summed E-state index contributed by atoms with van der Waals surface area (Å²) in [7, 11) is 0. The van der Waals surface area contributed by atoms with E-state index < -0.39 is 0 Å². The third-order valence-corrected chi connectivity index (χ3v) is 6.95. The van der Waals surface area contributed by atoms with E-state index in [2.05, 4.69) is 11.0 Å². The SMILES string of the molecule is Nc1cccc(-c2ccc(N3C[C@]4(CN5CCC4CC5)OC3=O)s2)c1. The Bertz CT molecular complexity index is 828. The number of hydrogen-bond donors (Lipinski definition) is 1. The molecule has 2 bridgehead atoms. The maximum absolute atomic E-state index is 12.6. The minimum atomic E-state index is -0.311. The third kappa shape index (κ3) is 2.43. The number of carbonyl (C=O) groups excluding carboxylic acids is 1. The lowest BCUT2D eigenvalue weighted by atomic mass is 9.75. The van der Waals surface area contributed by atoms with Gasteiger partial charge in [0, 0.05) is 23.0 Å². The molecule has 4 aliphatic heterocycles. The van der Waals surface area contributed by atoms with Crippen LogP contribution in [0.2, 0.25) is 0 Å². The fraction of sp³-hybridized carbons (Fsp3) is 0.421. The van der Waals surface area contributed by atoms with Crippen LogP contribution in [0, 0.1) is 5.92 Å². The van der Waals surface area contributed by atoms with Gasteiger partial charge >= 0.3 is 6.09 Å². The summed E-state index contributed by atoms with van der Waals surface area (Å²) in [4.78, 5) is 18.0. The van der Waals surface area contributed by atoms with Crippen LogP contribution in [0.4, 0.5) is 15.5 Å². The van der Waals surface area contributed by atoms with Crippen LogP contribution in [0.5, 0.6) is 0 Å². The number of thiophene rings is 1. The zero-order valence-electron chi connectivity index (χ0n) is 14.0. The fourth-order valence-corrected chi connectivity index (χ4v) is 5.49. The van der Waals surface area contributed by atoms with Gasteiger partial charge in [0.2, 0.25) is 0 Å². The Labute approximate surface area is 151 Å². The number of hydrogen-bond acceptors (Lipinski definition) is 5. The van der Waals surface area contributed by atoms with Gasteiger partial charge in [0.05, 0.1) is 6.54 Å². The van der Waals surface area contributed by atoms with Crippen LogP contribution in [0.3, 0.4) is 0 Å². The average Bonchev–Trinajstić information content (AvgIpc) is 3.21. The summed E-state index contributed by atoms with van der Waals surface area (Å²) >= 11 is 1.62. The highest BCUT2D eigenvalue weighted by Crippen LogP contribution is 2.45. The molecule has 5 heterocycles. The van der Waals surface area contributed by atoms with Gasteiger partial charge in [0.25, 0.3) is 0 Å². The Morgan fingerprint density at radius 3 is 2.72 bits per heavy atom. The van der Waals surface area contributed by atoms with Crippen LogP contribution < -0.4 is 10.6 Å². The molecule has 1 aromatic carbocycles. The molecule has 6 heteroatoms. The molecule has 0 saturated carbocycles. The quantitative estimate of drug-likeness (QED) is 0.839. The average molecular weight is 355 g/mol. The van der Waals surface area contributed by atoms with Crippen molar-refractivity contribution in [2.75, 3.05) is 36.8 Å². The van der Waals surface area contributed by atoms with Crippen molar-refractivity contribution in [2.45, 2.75) is 18.4 Å². The van der Waals surface area contributed by atoms with Crippen LogP contribution in [0.15, 0.2) is 36.4 Å². The van der Waals surface area contributed by atoms with E-state index >= 15 is 0 Å². The molecule has 4 fully saturated rings. The maximum atomic E-state index is 12.6. The van der Waals surface area contributed by atoms with Crippen molar-refractivity contribution in [3.8, 4) is 10.4 Å². The molecule has 4 aliphatic rings. The lowest BCUT2D eigenvalue weighted by Crippen LogP contribution is -2.61. The van der Waals surface area contributed by atoms with Crippen LogP contribution in [-0.4, -0.2) is 42.8 Å². The summed E-state index contributed by atoms with van der Waals surface area (Å²) in [5.41, 5.74) is 7.41. The van der Waals surface area contributed by atoms with E-state index in [0.29, 0.717) is 12.5 Å². The second-order valence-electron chi connectivity index (χ2n) is 7.33. The summed E-state index contributed by atoms with van der Waals surface area (Å²) in [6.07, 6.45) is 2.08. The molecule has 0 unspecified atom stereocenters. The summed E-state index contributed by atoms with van der Waals surface area (Å²) in [6, 6.07) is 11.9. The standard InChI is InChI=1S/C19H21N3O2S/c20-15-3-1-2-13(10-15)16-4-5-17(25-16)22-12-19(24-18(22)23)11-21-8-6-14(19)7-9-21/h1-5,10,14H,6-9,11-12,20H2/t19-/m0/s1. The van der Waals surface area contributed by atoms with Gasteiger partial charge in [0.15, 0.2) is 0 Å². The minimum Gasteiger partial charge on any atom is -0.439 e. The first-order valence-electron chi connectivity index (χ1n) is 8.82. The number of nitrogen functional groups attached to an aromatic ring is 1. The summed E-state index contributed by atoms with van der Waals surface area (Å²) in [5, 5.41) is 0.954. The number of anilines is 2. The highest BCUT2D eigenvalue weighted by Gasteiger charge is 2.55. The number of fused-ring (bicyclic) bond motifs is 2. The number of rotatable bonds is 2. The molecule has 25 heavy (non-hydrogen) atoms. The Hall–Kier alpha value is -2.05. The van der Waals surface area contributed by atoms with Crippen LogP contribution >= 0.6 is 11.3 Å². The first-order valence-corrected chi connectivity index (χ1v) is 9.63. The fourth-order valence-electron chi connectivity index (χ4n) is 4.50. The van der Waals surface area contributed by atoms with E-state index in [4.69, 9.17) is 10.5 Å². The predicted octanol–water partition coefficient (Wildman–Crippen LogP) is 3.42. The lowest BCUT2D eigenvalue weighted by Gasteiger charge is -2.49. The van der Waals surface area contributed by atoms with E-state index in [1.54, 1.807) is 11.3 Å². The molecule has 6 rings (SSSR count). The number of amides is 1. The van der Waals surface area contributed by atoms with E-state index in [1.807, 2.05) is 35.2 Å².